The van der Waals surface area contributed by atoms with E-state index in [0.717, 1.165) is 21.8 Å². The molecule has 2 aromatic rings. The van der Waals surface area contributed by atoms with Crippen molar-refractivity contribution >= 4 is 39.2 Å². The highest BCUT2D eigenvalue weighted by atomic mass is 79.9. The van der Waals surface area contributed by atoms with Crippen molar-refractivity contribution in [3.05, 3.63) is 34.6 Å². The lowest BCUT2D eigenvalue weighted by molar-refractivity contribution is 0.563. The summed E-state index contributed by atoms with van der Waals surface area (Å²) < 4.78 is 6.11. The highest BCUT2D eigenvalue weighted by Crippen LogP contribution is 2.35. The Bertz CT molecular complexity index is 517. The molecular formula is C13H16BrN3S2. The van der Waals surface area contributed by atoms with Gasteiger partial charge in [0.05, 0.1) is 0 Å². The van der Waals surface area contributed by atoms with Gasteiger partial charge >= 0.3 is 0 Å². The molecule has 0 saturated heterocycles. The fourth-order valence-electron chi connectivity index (χ4n) is 1.73. The molecule has 1 heterocycles. The number of nitrogens with zero attached hydrogens (tertiary/aromatic N) is 2. The second-order valence-corrected chi connectivity index (χ2v) is 7.15. The van der Waals surface area contributed by atoms with Gasteiger partial charge in [0.2, 0.25) is 0 Å². The van der Waals surface area contributed by atoms with Crippen LogP contribution >= 0.6 is 39.2 Å². The van der Waals surface area contributed by atoms with E-state index in [1.54, 1.807) is 18.1 Å². The van der Waals surface area contributed by atoms with Crippen LogP contribution in [0.5, 0.6) is 0 Å². The van der Waals surface area contributed by atoms with Gasteiger partial charge in [0.25, 0.3) is 0 Å². The quantitative estimate of drug-likeness (QED) is 0.824. The molecular weight excluding hydrogens is 342 g/mol. The predicted molar refractivity (Wildman–Crippen MR) is 84.9 cm³/mol. The standard InChI is InChI=1S/C13H16BrN3S2/c1-3-6-15-9(2)11-5-4-10(14)7-12(11)18-13-16-8-17-19-13/h4-5,7-9,15H,3,6H2,1-2H3. The molecule has 0 bridgehead atoms. The van der Waals surface area contributed by atoms with E-state index in [0.29, 0.717) is 6.04 Å². The van der Waals surface area contributed by atoms with E-state index in [-0.39, 0.29) is 0 Å². The molecule has 0 spiro atoms. The van der Waals surface area contributed by atoms with Crippen molar-refractivity contribution in [1.29, 1.82) is 0 Å². The summed E-state index contributed by atoms with van der Waals surface area (Å²) in [6.45, 7) is 5.40. The third kappa shape index (κ3) is 4.27. The van der Waals surface area contributed by atoms with Gasteiger partial charge in [0.15, 0.2) is 4.34 Å². The summed E-state index contributed by atoms with van der Waals surface area (Å²) in [4.78, 5) is 5.46. The van der Waals surface area contributed by atoms with Gasteiger partial charge in [0, 0.05) is 15.4 Å². The summed E-state index contributed by atoms with van der Waals surface area (Å²) >= 11 is 6.64. The zero-order chi connectivity index (χ0) is 13.7. The molecule has 0 aliphatic rings. The summed E-state index contributed by atoms with van der Waals surface area (Å²) in [5, 5.41) is 3.53. The molecule has 1 aromatic carbocycles. The number of halogens is 1. The molecule has 102 valence electrons. The van der Waals surface area contributed by atoms with Crippen LogP contribution in [-0.2, 0) is 0 Å². The Morgan fingerprint density at radius 1 is 1.47 bits per heavy atom. The van der Waals surface area contributed by atoms with Crippen LogP contribution in [0.15, 0.2) is 38.2 Å². The molecule has 2 rings (SSSR count). The minimum Gasteiger partial charge on any atom is -0.310 e. The van der Waals surface area contributed by atoms with E-state index in [4.69, 9.17) is 0 Å². The normalized spacial score (nSPS) is 12.6. The van der Waals surface area contributed by atoms with Gasteiger partial charge in [-0.1, -0.05) is 40.7 Å². The predicted octanol–water partition coefficient (Wildman–Crippen LogP) is 4.51. The van der Waals surface area contributed by atoms with Gasteiger partial charge in [-0.15, -0.1) is 0 Å². The van der Waals surface area contributed by atoms with Gasteiger partial charge in [-0.25, -0.2) is 4.98 Å². The number of hydrogen-bond acceptors (Lipinski definition) is 5. The maximum Gasteiger partial charge on any atom is 0.174 e. The third-order valence-electron chi connectivity index (χ3n) is 2.68. The third-order valence-corrected chi connectivity index (χ3v) is 4.96. The Hall–Kier alpha value is -0.430. The van der Waals surface area contributed by atoms with E-state index < -0.39 is 0 Å². The van der Waals surface area contributed by atoms with Crippen molar-refractivity contribution in [2.75, 3.05) is 6.54 Å². The fraction of sp³-hybridized carbons (Fsp3) is 0.385. The van der Waals surface area contributed by atoms with Gasteiger partial charge in [-0.3, -0.25) is 0 Å². The zero-order valence-electron chi connectivity index (χ0n) is 10.9. The molecule has 0 aliphatic carbocycles. The Kier molecular flexibility index (Phi) is 5.81. The minimum absolute atomic E-state index is 0.337. The number of nitrogens with one attached hydrogen (secondary N) is 1. The molecule has 1 aromatic heterocycles. The number of aromatic nitrogens is 2. The second kappa shape index (κ2) is 7.38. The van der Waals surface area contributed by atoms with Crippen molar-refractivity contribution in [2.45, 2.75) is 35.5 Å². The van der Waals surface area contributed by atoms with Gasteiger partial charge in [-0.05, 0) is 49.1 Å². The molecule has 1 atom stereocenters. The molecule has 0 amide bonds. The average Bonchev–Trinajstić information content (AvgIpc) is 2.89. The van der Waals surface area contributed by atoms with Crippen LogP contribution in [0, 0.1) is 0 Å². The number of hydrogen-bond donors (Lipinski definition) is 1. The average molecular weight is 358 g/mol. The topological polar surface area (TPSA) is 37.8 Å². The lowest BCUT2D eigenvalue weighted by atomic mass is 10.1. The van der Waals surface area contributed by atoms with Crippen molar-refractivity contribution in [1.82, 2.24) is 14.7 Å². The maximum absolute atomic E-state index is 4.24. The van der Waals surface area contributed by atoms with Crippen LogP contribution < -0.4 is 5.32 Å². The summed E-state index contributed by atoms with van der Waals surface area (Å²) in [6.07, 6.45) is 2.74. The summed E-state index contributed by atoms with van der Waals surface area (Å²) in [7, 11) is 0. The molecule has 0 saturated carbocycles. The van der Waals surface area contributed by atoms with E-state index in [2.05, 4.69) is 62.7 Å². The van der Waals surface area contributed by atoms with Crippen molar-refractivity contribution in [3.8, 4) is 0 Å². The first-order valence-electron chi connectivity index (χ1n) is 6.18. The Morgan fingerprint density at radius 2 is 2.32 bits per heavy atom. The minimum atomic E-state index is 0.337. The van der Waals surface area contributed by atoms with Crippen LogP contribution in [0.3, 0.4) is 0 Å². The van der Waals surface area contributed by atoms with Crippen LogP contribution in [0.4, 0.5) is 0 Å². The molecule has 0 fully saturated rings. The molecule has 0 radical (unpaired) electrons. The molecule has 0 aliphatic heterocycles. The highest BCUT2D eigenvalue weighted by Gasteiger charge is 2.12. The molecule has 3 nitrogen and oxygen atoms in total. The largest absolute Gasteiger partial charge is 0.310 e. The fourth-order valence-corrected chi connectivity index (χ4v) is 3.90. The molecule has 1 N–H and O–H groups in total. The lowest BCUT2D eigenvalue weighted by Gasteiger charge is -2.17. The first-order chi connectivity index (χ1) is 9.20. The Balaban J connectivity index is 2.22. The van der Waals surface area contributed by atoms with Crippen LogP contribution in [0.2, 0.25) is 0 Å². The van der Waals surface area contributed by atoms with E-state index in [1.165, 1.54) is 22.0 Å². The summed E-state index contributed by atoms with van der Waals surface area (Å²) in [5.41, 5.74) is 1.30. The molecule has 1 unspecified atom stereocenters. The Labute approximate surface area is 130 Å². The SMILES string of the molecule is CCCNC(C)c1ccc(Br)cc1Sc1ncns1. The zero-order valence-corrected chi connectivity index (χ0v) is 14.1. The van der Waals surface area contributed by atoms with E-state index in [1.807, 2.05) is 0 Å². The molecule has 6 heteroatoms. The second-order valence-electron chi connectivity index (χ2n) is 4.17. The Morgan fingerprint density at radius 3 is 3.00 bits per heavy atom. The van der Waals surface area contributed by atoms with Gasteiger partial charge in [0.1, 0.15) is 6.33 Å². The van der Waals surface area contributed by atoms with E-state index in [9.17, 15) is 0 Å². The van der Waals surface area contributed by atoms with Crippen LogP contribution in [0.25, 0.3) is 0 Å². The first-order valence-corrected chi connectivity index (χ1v) is 8.56. The molecule has 19 heavy (non-hydrogen) atoms. The van der Waals surface area contributed by atoms with Gasteiger partial charge in [-0.2, -0.15) is 4.37 Å². The lowest BCUT2D eigenvalue weighted by Crippen LogP contribution is -2.19. The van der Waals surface area contributed by atoms with Crippen molar-refractivity contribution in [2.24, 2.45) is 0 Å². The summed E-state index contributed by atoms with van der Waals surface area (Å²) in [6, 6.07) is 6.74. The number of benzene rings is 1. The maximum atomic E-state index is 4.24. The van der Waals surface area contributed by atoms with Crippen LogP contribution in [-0.4, -0.2) is 15.9 Å². The van der Waals surface area contributed by atoms with Crippen molar-refractivity contribution in [3.63, 3.8) is 0 Å². The summed E-state index contributed by atoms with van der Waals surface area (Å²) in [5.74, 6) is 0. The van der Waals surface area contributed by atoms with Crippen LogP contribution in [0.1, 0.15) is 31.9 Å². The monoisotopic (exact) mass is 357 g/mol. The van der Waals surface area contributed by atoms with Gasteiger partial charge < -0.3 is 5.32 Å². The van der Waals surface area contributed by atoms with Crippen molar-refractivity contribution < 1.29 is 0 Å². The highest BCUT2D eigenvalue weighted by molar-refractivity contribution is 9.10. The van der Waals surface area contributed by atoms with E-state index >= 15 is 0 Å². The number of rotatable bonds is 6. The first kappa shape index (κ1) is 15.0. The smallest absolute Gasteiger partial charge is 0.174 e.